The molecule has 3 aromatic carbocycles. The number of aromatic hydroxyl groups is 1. The lowest BCUT2D eigenvalue weighted by molar-refractivity contribution is 0.0541. The SMILES string of the molecule is C=C(NOCCOc1ccc(Cc2sc(=O)[nH]c2O)cc1)c1ccc(N(C)S(=O)(=O)c2ccccc2)cc1. The van der Waals surface area contributed by atoms with Crippen molar-refractivity contribution in [2.45, 2.75) is 11.3 Å². The highest BCUT2D eigenvalue weighted by molar-refractivity contribution is 7.92. The van der Waals surface area contributed by atoms with Gasteiger partial charge in [0.25, 0.3) is 10.0 Å². The van der Waals surface area contributed by atoms with Gasteiger partial charge in [0, 0.05) is 13.5 Å². The van der Waals surface area contributed by atoms with Crippen LogP contribution in [0.2, 0.25) is 0 Å². The van der Waals surface area contributed by atoms with E-state index < -0.39 is 10.0 Å². The lowest BCUT2D eigenvalue weighted by Crippen LogP contribution is -2.26. The molecule has 0 spiro atoms. The number of H-pyrrole nitrogens is 1. The van der Waals surface area contributed by atoms with E-state index in [-0.39, 0.29) is 22.3 Å². The number of hydrogen-bond acceptors (Lipinski definition) is 8. The van der Waals surface area contributed by atoms with E-state index in [1.165, 1.54) is 11.4 Å². The Morgan fingerprint density at radius 3 is 2.34 bits per heavy atom. The number of sulfonamides is 1. The first-order chi connectivity index (χ1) is 18.2. The minimum absolute atomic E-state index is 0.0918. The topological polar surface area (TPSA) is 121 Å². The summed E-state index contributed by atoms with van der Waals surface area (Å²) in [5, 5.41) is 9.71. The Kier molecular flexibility index (Phi) is 8.52. The van der Waals surface area contributed by atoms with Crippen LogP contribution in [-0.4, -0.2) is 38.8 Å². The molecular weight excluding hydrogens is 526 g/mol. The predicted molar refractivity (Wildman–Crippen MR) is 148 cm³/mol. The van der Waals surface area contributed by atoms with E-state index in [0.717, 1.165) is 22.5 Å². The van der Waals surface area contributed by atoms with Crippen LogP contribution in [0.3, 0.4) is 0 Å². The van der Waals surface area contributed by atoms with Crippen LogP contribution in [0, 0.1) is 0 Å². The summed E-state index contributed by atoms with van der Waals surface area (Å²) in [6, 6.07) is 22.5. The largest absolute Gasteiger partial charge is 0.494 e. The number of ether oxygens (including phenoxy) is 1. The number of hydroxylamine groups is 1. The molecule has 0 saturated heterocycles. The highest BCUT2D eigenvalue weighted by Crippen LogP contribution is 2.24. The number of anilines is 1. The lowest BCUT2D eigenvalue weighted by atomic mass is 10.1. The number of nitrogens with one attached hydrogen (secondary N) is 2. The highest BCUT2D eigenvalue weighted by atomic mass is 32.2. The smallest absolute Gasteiger partial charge is 0.307 e. The fourth-order valence-electron chi connectivity index (χ4n) is 3.52. The molecule has 4 aromatic rings. The maximum atomic E-state index is 12.8. The maximum absolute atomic E-state index is 12.8. The molecule has 4 rings (SSSR count). The molecule has 0 saturated carbocycles. The van der Waals surface area contributed by atoms with E-state index in [9.17, 15) is 18.3 Å². The summed E-state index contributed by atoms with van der Waals surface area (Å²) in [4.78, 5) is 19.6. The van der Waals surface area contributed by atoms with Gasteiger partial charge in [0.05, 0.1) is 21.2 Å². The molecule has 0 aliphatic carbocycles. The first-order valence-corrected chi connectivity index (χ1v) is 13.8. The van der Waals surface area contributed by atoms with Crippen LogP contribution in [-0.2, 0) is 21.3 Å². The molecular formula is C27H27N3O6S2. The second-order valence-corrected chi connectivity index (χ2v) is 11.3. The number of nitrogens with zero attached hydrogens (tertiary/aromatic N) is 1. The molecule has 198 valence electrons. The van der Waals surface area contributed by atoms with Gasteiger partial charge in [-0.3, -0.25) is 24.4 Å². The number of hydrogen-bond donors (Lipinski definition) is 3. The van der Waals surface area contributed by atoms with E-state index in [4.69, 9.17) is 9.57 Å². The van der Waals surface area contributed by atoms with Crippen molar-refractivity contribution in [1.82, 2.24) is 10.5 Å². The van der Waals surface area contributed by atoms with Crippen LogP contribution in [0.4, 0.5) is 5.69 Å². The maximum Gasteiger partial charge on any atom is 0.307 e. The van der Waals surface area contributed by atoms with Gasteiger partial charge in [-0.05, 0) is 47.5 Å². The number of thiazole rings is 1. The molecule has 0 atom stereocenters. The zero-order valence-electron chi connectivity index (χ0n) is 20.6. The van der Waals surface area contributed by atoms with Crippen molar-refractivity contribution >= 4 is 32.7 Å². The van der Waals surface area contributed by atoms with Gasteiger partial charge in [0.15, 0.2) is 0 Å². The van der Waals surface area contributed by atoms with Crippen LogP contribution in [0.5, 0.6) is 11.6 Å². The molecule has 0 aliphatic heterocycles. The van der Waals surface area contributed by atoms with Crippen molar-refractivity contribution in [3.63, 3.8) is 0 Å². The third kappa shape index (κ3) is 6.62. The summed E-state index contributed by atoms with van der Waals surface area (Å²) in [7, 11) is -2.14. The normalized spacial score (nSPS) is 11.2. The molecule has 1 heterocycles. The highest BCUT2D eigenvalue weighted by Gasteiger charge is 2.20. The number of rotatable bonds is 12. The van der Waals surface area contributed by atoms with Crippen LogP contribution >= 0.6 is 11.3 Å². The zero-order valence-corrected chi connectivity index (χ0v) is 22.2. The van der Waals surface area contributed by atoms with Gasteiger partial charge in [0.2, 0.25) is 5.88 Å². The fourth-order valence-corrected chi connectivity index (χ4v) is 5.50. The molecule has 0 unspecified atom stereocenters. The molecule has 9 nitrogen and oxygen atoms in total. The Morgan fingerprint density at radius 2 is 1.71 bits per heavy atom. The van der Waals surface area contributed by atoms with Gasteiger partial charge in [0.1, 0.15) is 19.0 Å². The monoisotopic (exact) mass is 553 g/mol. The van der Waals surface area contributed by atoms with E-state index >= 15 is 0 Å². The summed E-state index contributed by atoms with van der Waals surface area (Å²) in [5.41, 5.74) is 5.50. The van der Waals surface area contributed by atoms with Crippen molar-refractivity contribution < 1.29 is 23.1 Å². The number of benzene rings is 3. The number of aromatic nitrogens is 1. The molecule has 0 bridgehead atoms. The van der Waals surface area contributed by atoms with Gasteiger partial charge in [-0.2, -0.15) is 0 Å². The molecule has 3 N–H and O–H groups in total. The summed E-state index contributed by atoms with van der Waals surface area (Å²) < 4.78 is 32.5. The molecule has 11 heteroatoms. The Balaban J connectivity index is 1.21. The van der Waals surface area contributed by atoms with Crippen molar-refractivity contribution in [2.75, 3.05) is 24.6 Å². The van der Waals surface area contributed by atoms with Crippen LogP contribution in [0.1, 0.15) is 16.0 Å². The van der Waals surface area contributed by atoms with E-state index in [1.807, 2.05) is 24.3 Å². The van der Waals surface area contributed by atoms with Crippen molar-refractivity contribution in [3.05, 3.63) is 111 Å². The molecule has 1 aromatic heterocycles. The summed E-state index contributed by atoms with van der Waals surface area (Å²) >= 11 is 0.986. The molecule has 0 fully saturated rings. The quantitative estimate of drug-likeness (QED) is 0.178. The van der Waals surface area contributed by atoms with Crippen LogP contribution in [0.25, 0.3) is 5.70 Å². The molecule has 0 aliphatic rings. The number of aromatic amines is 1. The average molecular weight is 554 g/mol. The first kappa shape index (κ1) is 27.0. The zero-order chi connectivity index (χ0) is 27.1. The molecule has 0 radical (unpaired) electrons. The minimum atomic E-state index is -3.65. The Labute approximate surface area is 224 Å². The fraction of sp³-hybridized carbons (Fsp3) is 0.148. The first-order valence-electron chi connectivity index (χ1n) is 11.6. The molecule has 38 heavy (non-hydrogen) atoms. The van der Waals surface area contributed by atoms with E-state index in [1.54, 1.807) is 54.6 Å². The van der Waals surface area contributed by atoms with Gasteiger partial charge in [-0.25, -0.2) is 8.42 Å². The van der Waals surface area contributed by atoms with Crippen LogP contribution in [0.15, 0.2) is 95.1 Å². The standard InChI is InChI=1S/C27H27N3O6S2/c1-19(21-10-12-22(13-11-21)30(2)38(33,34)24-6-4-3-5-7-24)29-36-17-16-35-23-14-8-20(9-15-23)18-25-26(31)28-27(32)37-25/h3-15,29,31H,1,16-18H2,2H3,(H,28,32). The summed E-state index contributed by atoms with van der Waals surface area (Å²) in [6.07, 6.45) is 0.449. The van der Waals surface area contributed by atoms with Gasteiger partial charge >= 0.3 is 4.87 Å². The Morgan fingerprint density at radius 1 is 1.03 bits per heavy atom. The summed E-state index contributed by atoms with van der Waals surface area (Å²) in [6.45, 7) is 4.50. The second kappa shape index (κ2) is 12.0. The van der Waals surface area contributed by atoms with Crippen molar-refractivity contribution in [3.8, 4) is 11.6 Å². The van der Waals surface area contributed by atoms with Crippen molar-refractivity contribution in [1.29, 1.82) is 0 Å². The molecule has 0 amide bonds. The third-order valence-corrected chi connectivity index (χ3v) is 8.29. The Bertz CT molecular complexity index is 1530. The lowest BCUT2D eigenvalue weighted by Gasteiger charge is -2.20. The Hall–Kier alpha value is -4.06. The van der Waals surface area contributed by atoms with Gasteiger partial charge in [-0.1, -0.05) is 60.4 Å². The third-order valence-electron chi connectivity index (χ3n) is 5.62. The van der Waals surface area contributed by atoms with Gasteiger partial charge < -0.3 is 9.84 Å². The predicted octanol–water partition coefficient (Wildman–Crippen LogP) is 4.13. The van der Waals surface area contributed by atoms with E-state index in [2.05, 4.69) is 17.0 Å². The summed E-state index contributed by atoms with van der Waals surface area (Å²) in [5.74, 6) is 0.568. The van der Waals surface area contributed by atoms with Crippen molar-refractivity contribution in [2.24, 2.45) is 0 Å². The second-order valence-electron chi connectivity index (χ2n) is 8.22. The average Bonchev–Trinajstić information content (AvgIpc) is 3.25. The van der Waals surface area contributed by atoms with Gasteiger partial charge in [-0.15, -0.1) is 0 Å². The van der Waals surface area contributed by atoms with Crippen LogP contribution < -0.4 is 19.4 Å². The van der Waals surface area contributed by atoms with E-state index in [0.29, 0.717) is 35.0 Å². The minimum Gasteiger partial charge on any atom is -0.494 e.